The van der Waals surface area contributed by atoms with Gasteiger partial charge < -0.3 is 21.1 Å². The molecule has 0 aliphatic carbocycles. The van der Waals surface area contributed by atoms with E-state index in [9.17, 15) is 0 Å². The number of rotatable bonds is 2. The van der Waals surface area contributed by atoms with Crippen LogP contribution in [-0.2, 0) is 4.74 Å². The van der Waals surface area contributed by atoms with Gasteiger partial charge in [0.2, 0.25) is 11.9 Å². The first-order valence-corrected chi connectivity index (χ1v) is 6.70. The van der Waals surface area contributed by atoms with Crippen molar-refractivity contribution in [2.24, 2.45) is 0 Å². The second kappa shape index (κ2) is 5.49. The number of hydrogen-bond donors (Lipinski definition) is 2. The summed E-state index contributed by atoms with van der Waals surface area (Å²) in [7, 11) is 0. The van der Waals surface area contributed by atoms with Crippen molar-refractivity contribution in [1.82, 2.24) is 19.9 Å². The van der Waals surface area contributed by atoms with Crippen LogP contribution in [0.3, 0.4) is 0 Å². The van der Waals surface area contributed by atoms with E-state index in [4.69, 9.17) is 16.2 Å². The molecule has 1 fully saturated rings. The van der Waals surface area contributed by atoms with Crippen molar-refractivity contribution in [2.45, 2.75) is 6.92 Å². The van der Waals surface area contributed by atoms with Crippen molar-refractivity contribution in [3.63, 3.8) is 0 Å². The zero-order chi connectivity index (χ0) is 14.8. The molecular weight excluding hydrogens is 270 g/mol. The molecule has 8 nitrogen and oxygen atoms in total. The van der Waals surface area contributed by atoms with Crippen molar-refractivity contribution in [2.75, 3.05) is 42.7 Å². The van der Waals surface area contributed by atoms with Crippen molar-refractivity contribution >= 4 is 17.7 Å². The van der Waals surface area contributed by atoms with Gasteiger partial charge in [-0.25, -0.2) is 15.0 Å². The second-order valence-corrected chi connectivity index (χ2v) is 4.81. The van der Waals surface area contributed by atoms with Crippen LogP contribution in [0.4, 0.5) is 17.7 Å². The fourth-order valence-electron chi connectivity index (χ4n) is 2.35. The molecule has 0 amide bonds. The number of hydrogen-bond acceptors (Lipinski definition) is 8. The number of aromatic nitrogens is 4. The van der Waals surface area contributed by atoms with Crippen molar-refractivity contribution in [1.29, 1.82) is 0 Å². The highest BCUT2D eigenvalue weighted by atomic mass is 16.5. The minimum atomic E-state index is 0.229. The summed E-state index contributed by atoms with van der Waals surface area (Å²) in [5.41, 5.74) is 13.8. The highest BCUT2D eigenvalue weighted by molar-refractivity contribution is 5.69. The van der Waals surface area contributed by atoms with E-state index >= 15 is 0 Å². The van der Waals surface area contributed by atoms with Crippen LogP contribution in [-0.4, -0.2) is 46.2 Å². The third-order valence-electron chi connectivity index (χ3n) is 3.39. The van der Waals surface area contributed by atoms with Crippen LogP contribution in [0.5, 0.6) is 0 Å². The van der Waals surface area contributed by atoms with E-state index < -0.39 is 0 Å². The number of nitrogens with two attached hydrogens (primary N) is 2. The summed E-state index contributed by atoms with van der Waals surface area (Å²) in [6.45, 7) is 4.91. The number of ether oxygens (including phenoxy) is 1. The molecule has 0 bridgehead atoms. The zero-order valence-corrected chi connectivity index (χ0v) is 11.8. The van der Waals surface area contributed by atoms with Gasteiger partial charge in [-0.3, -0.25) is 0 Å². The summed E-state index contributed by atoms with van der Waals surface area (Å²) < 4.78 is 5.37. The Morgan fingerprint density at radius 3 is 2.38 bits per heavy atom. The first kappa shape index (κ1) is 13.5. The van der Waals surface area contributed by atoms with Gasteiger partial charge in [0, 0.05) is 36.6 Å². The van der Waals surface area contributed by atoms with E-state index in [2.05, 4.69) is 24.8 Å². The lowest BCUT2D eigenvalue weighted by Gasteiger charge is -2.29. The van der Waals surface area contributed by atoms with Crippen LogP contribution in [0.2, 0.25) is 0 Å². The van der Waals surface area contributed by atoms with Gasteiger partial charge in [0.25, 0.3) is 0 Å². The van der Waals surface area contributed by atoms with Gasteiger partial charge in [-0.2, -0.15) is 4.98 Å². The summed E-state index contributed by atoms with van der Waals surface area (Å²) in [5.74, 6) is 1.29. The molecular formula is C13H17N7O. The molecule has 4 N–H and O–H groups in total. The highest BCUT2D eigenvalue weighted by Gasteiger charge is 2.19. The molecule has 0 unspecified atom stereocenters. The Morgan fingerprint density at radius 1 is 1.05 bits per heavy atom. The van der Waals surface area contributed by atoms with E-state index in [-0.39, 0.29) is 11.9 Å². The largest absolute Gasteiger partial charge is 0.378 e. The molecule has 0 saturated carbocycles. The summed E-state index contributed by atoms with van der Waals surface area (Å²) in [5, 5.41) is 0. The minimum absolute atomic E-state index is 0.229. The van der Waals surface area contributed by atoms with Crippen LogP contribution in [0.25, 0.3) is 11.3 Å². The predicted molar refractivity (Wildman–Crippen MR) is 79.7 cm³/mol. The lowest BCUT2D eigenvalue weighted by molar-refractivity contribution is 0.122. The first-order chi connectivity index (χ1) is 10.1. The Labute approximate surface area is 122 Å². The quantitative estimate of drug-likeness (QED) is 0.807. The SMILES string of the molecule is Cc1c(-c2cnc(N)nc2)nc(N)nc1N1CCOCC1. The molecule has 0 aromatic carbocycles. The van der Waals surface area contributed by atoms with E-state index in [1.54, 1.807) is 12.4 Å². The van der Waals surface area contributed by atoms with Gasteiger partial charge in [-0.05, 0) is 6.92 Å². The Hall–Kier alpha value is -2.48. The monoisotopic (exact) mass is 287 g/mol. The number of morpholine rings is 1. The maximum absolute atomic E-state index is 5.86. The summed E-state index contributed by atoms with van der Waals surface area (Å²) in [6, 6.07) is 0. The average Bonchev–Trinajstić information content (AvgIpc) is 2.51. The molecule has 1 aliphatic rings. The molecule has 0 spiro atoms. The number of anilines is 3. The molecule has 1 aliphatic heterocycles. The van der Waals surface area contributed by atoms with E-state index in [0.717, 1.165) is 35.7 Å². The standard InChI is InChI=1S/C13H17N7O/c1-8-10(9-6-16-12(14)17-7-9)18-13(15)19-11(8)20-2-4-21-5-3-20/h6-7H,2-5H2,1H3,(H2,14,16,17)(H2,15,18,19). The molecule has 0 radical (unpaired) electrons. The second-order valence-electron chi connectivity index (χ2n) is 4.81. The van der Waals surface area contributed by atoms with E-state index in [1.165, 1.54) is 0 Å². The Morgan fingerprint density at radius 2 is 1.71 bits per heavy atom. The van der Waals surface area contributed by atoms with Crippen LogP contribution in [0, 0.1) is 6.92 Å². The molecule has 3 heterocycles. The van der Waals surface area contributed by atoms with Gasteiger partial charge in [-0.15, -0.1) is 0 Å². The summed E-state index contributed by atoms with van der Waals surface area (Å²) in [6.07, 6.45) is 3.28. The Bertz CT molecular complexity index is 638. The van der Waals surface area contributed by atoms with Gasteiger partial charge >= 0.3 is 0 Å². The smallest absolute Gasteiger partial charge is 0.222 e. The van der Waals surface area contributed by atoms with Crippen molar-refractivity contribution in [3.8, 4) is 11.3 Å². The molecule has 2 aromatic rings. The van der Waals surface area contributed by atoms with Gasteiger partial charge in [0.15, 0.2) is 0 Å². The molecule has 0 atom stereocenters. The van der Waals surface area contributed by atoms with E-state index in [0.29, 0.717) is 13.2 Å². The highest BCUT2D eigenvalue weighted by Crippen LogP contribution is 2.28. The fourth-order valence-corrected chi connectivity index (χ4v) is 2.35. The third-order valence-corrected chi connectivity index (χ3v) is 3.39. The van der Waals surface area contributed by atoms with Crippen LogP contribution in [0.1, 0.15) is 5.56 Å². The van der Waals surface area contributed by atoms with Crippen LogP contribution in [0.15, 0.2) is 12.4 Å². The van der Waals surface area contributed by atoms with Gasteiger partial charge in [0.1, 0.15) is 5.82 Å². The van der Waals surface area contributed by atoms with Gasteiger partial charge in [-0.1, -0.05) is 0 Å². The summed E-state index contributed by atoms with van der Waals surface area (Å²) in [4.78, 5) is 18.8. The fraction of sp³-hybridized carbons (Fsp3) is 0.385. The molecule has 21 heavy (non-hydrogen) atoms. The first-order valence-electron chi connectivity index (χ1n) is 6.70. The normalized spacial score (nSPS) is 15.2. The number of nitrogen functional groups attached to an aromatic ring is 2. The molecule has 3 rings (SSSR count). The topological polar surface area (TPSA) is 116 Å². The van der Waals surface area contributed by atoms with E-state index in [1.807, 2.05) is 6.92 Å². The lowest BCUT2D eigenvalue weighted by atomic mass is 10.1. The minimum Gasteiger partial charge on any atom is -0.378 e. The van der Waals surface area contributed by atoms with Gasteiger partial charge in [0.05, 0.1) is 18.9 Å². The molecule has 1 saturated heterocycles. The predicted octanol–water partition coefficient (Wildman–Crippen LogP) is 0.243. The van der Waals surface area contributed by atoms with Crippen LogP contribution >= 0.6 is 0 Å². The Balaban J connectivity index is 2.04. The maximum atomic E-state index is 5.86. The zero-order valence-electron chi connectivity index (χ0n) is 11.8. The van der Waals surface area contributed by atoms with Crippen molar-refractivity contribution in [3.05, 3.63) is 18.0 Å². The third kappa shape index (κ3) is 2.70. The summed E-state index contributed by atoms with van der Waals surface area (Å²) >= 11 is 0. The van der Waals surface area contributed by atoms with Crippen LogP contribution < -0.4 is 16.4 Å². The molecule has 2 aromatic heterocycles. The number of nitrogens with zero attached hydrogens (tertiary/aromatic N) is 5. The van der Waals surface area contributed by atoms with Crippen molar-refractivity contribution < 1.29 is 4.74 Å². The lowest BCUT2D eigenvalue weighted by Crippen LogP contribution is -2.37. The average molecular weight is 287 g/mol. The molecule has 110 valence electrons. The maximum Gasteiger partial charge on any atom is 0.222 e. The Kier molecular flexibility index (Phi) is 3.53. The molecule has 8 heteroatoms.